The molecule has 0 atom stereocenters. The minimum absolute atomic E-state index is 0.169. The highest BCUT2D eigenvalue weighted by Crippen LogP contribution is 2.18. The molecule has 5 nitrogen and oxygen atoms in total. The molecule has 0 fully saturated rings. The molecule has 1 aromatic heterocycles. The third-order valence-electron chi connectivity index (χ3n) is 3.41. The quantitative estimate of drug-likeness (QED) is 0.695. The van der Waals surface area contributed by atoms with Gasteiger partial charge in [-0.2, -0.15) is 0 Å². The number of ether oxygens (including phenoxy) is 1. The Kier molecular flexibility index (Phi) is 3.70. The summed E-state index contributed by atoms with van der Waals surface area (Å²) >= 11 is 0. The number of para-hydroxylation sites is 1. The van der Waals surface area contributed by atoms with Gasteiger partial charge in [0.05, 0.1) is 18.0 Å². The van der Waals surface area contributed by atoms with Gasteiger partial charge in [0.2, 0.25) is 0 Å². The third-order valence-corrected chi connectivity index (χ3v) is 3.41. The Hall–Kier alpha value is -2.95. The molecular weight excluding hydrogens is 280 g/mol. The van der Waals surface area contributed by atoms with Crippen molar-refractivity contribution in [1.82, 2.24) is 9.55 Å². The molecule has 0 aliphatic heterocycles. The maximum absolute atomic E-state index is 12.7. The highest BCUT2D eigenvalue weighted by atomic mass is 16.5. The number of rotatable bonds is 3. The molecule has 3 aromatic rings. The molecule has 3 rings (SSSR count). The summed E-state index contributed by atoms with van der Waals surface area (Å²) in [6.45, 7) is -0.169. The number of nitrogens with zero attached hydrogens (tertiary/aromatic N) is 2. The Balaban J connectivity index is 2.31. The fraction of sp³-hybridized carbons (Fsp3) is 0.118. The van der Waals surface area contributed by atoms with Gasteiger partial charge in [-0.15, -0.1) is 0 Å². The summed E-state index contributed by atoms with van der Waals surface area (Å²) in [6, 6.07) is 16.4. The average Bonchev–Trinajstić information content (AvgIpc) is 2.58. The smallest absolute Gasteiger partial charge is 0.325 e. The SMILES string of the molecule is COC(=O)Cn1c(-c2ccccc2)nc2ccccc2c1=O. The van der Waals surface area contributed by atoms with Crippen molar-refractivity contribution in [3.63, 3.8) is 0 Å². The van der Waals surface area contributed by atoms with E-state index in [4.69, 9.17) is 0 Å². The maximum atomic E-state index is 12.7. The average molecular weight is 294 g/mol. The molecule has 0 radical (unpaired) electrons. The normalized spacial score (nSPS) is 10.6. The largest absolute Gasteiger partial charge is 0.468 e. The Labute approximate surface area is 126 Å². The second kappa shape index (κ2) is 5.81. The van der Waals surface area contributed by atoms with Crippen molar-refractivity contribution in [3.8, 4) is 11.4 Å². The summed E-state index contributed by atoms with van der Waals surface area (Å²) in [5.41, 5.74) is 1.12. The third kappa shape index (κ3) is 2.48. The fourth-order valence-electron chi connectivity index (χ4n) is 2.32. The first-order chi connectivity index (χ1) is 10.7. The van der Waals surface area contributed by atoms with Crippen molar-refractivity contribution < 1.29 is 9.53 Å². The van der Waals surface area contributed by atoms with Crippen molar-refractivity contribution in [1.29, 1.82) is 0 Å². The van der Waals surface area contributed by atoms with Crippen LogP contribution in [0.3, 0.4) is 0 Å². The van der Waals surface area contributed by atoms with E-state index in [1.165, 1.54) is 11.7 Å². The highest BCUT2D eigenvalue weighted by Gasteiger charge is 2.15. The highest BCUT2D eigenvalue weighted by molar-refractivity contribution is 5.80. The second-order valence-corrected chi connectivity index (χ2v) is 4.79. The van der Waals surface area contributed by atoms with Crippen LogP contribution in [0.25, 0.3) is 22.3 Å². The molecule has 0 saturated heterocycles. The van der Waals surface area contributed by atoms with Gasteiger partial charge < -0.3 is 4.74 Å². The lowest BCUT2D eigenvalue weighted by Gasteiger charge is -2.12. The lowest BCUT2D eigenvalue weighted by molar-refractivity contribution is -0.141. The van der Waals surface area contributed by atoms with Crippen molar-refractivity contribution in [2.75, 3.05) is 7.11 Å². The number of carbonyl (C=O) groups excluding carboxylic acids is 1. The van der Waals surface area contributed by atoms with Crippen LogP contribution in [0.15, 0.2) is 59.4 Å². The summed E-state index contributed by atoms with van der Waals surface area (Å²) < 4.78 is 6.04. The number of fused-ring (bicyclic) bond motifs is 1. The molecule has 5 heteroatoms. The molecule has 0 aliphatic carbocycles. The van der Waals surface area contributed by atoms with Crippen molar-refractivity contribution >= 4 is 16.9 Å². The first kappa shape index (κ1) is 14.0. The molecule has 0 aliphatic rings. The Bertz CT molecular complexity index is 885. The molecule has 2 aromatic carbocycles. The first-order valence-corrected chi connectivity index (χ1v) is 6.82. The Morgan fingerprint density at radius 3 is 2.50 bits per heavy atom. The molecule has 0 saturated carbocycles. The van der Waals surface area contributed by atoms with Gasteiger partial charge in [0.25, 0.3) is 5.56 Å². The standard InChI is InChI=1S/C17H14N2O3/c1-22-15(20)11-19-16(12-7-3-2-4-8-12)18-14-10-6-5-9-13(14)17(19)21/h2-10H,11H2,1H3. The van der Waals surface area contributed by atoms with Crippen molar-refractivity contribution in [3.05, 3.63) is 65.0 Å². The molecule has 110 valence electrons. The zero-order chi connectivity index (χ0) is 15.5. The summed E-state index contributed by atoms with van der Waals surface area (Å²) in [5.74, 6) is -0.0361. The van der Waals surface area contributed by atoms with E-state index >= 15 is 0 Å². The summed E-state index contributed by atoms with van der Waals surface area (Å²) in [7, 11) is 1.30. The first-order valence-electron chi connectivity index (χ1n) is 6.82. The van der Waals surface area contributed by atoms with Gasteiger partial charge in [0.15, 0.2) is 0 Å². The van der Waals surface area contributed by atoms with Gasteiger partial charge in [-0.3, -0.25) is 14.2 Å². The molecule has 22 heavy (non-hydrogen) atoms. The fourth-order valence-corrected chi connectivity index (χ4v) is 2.32. The van der Waals surface area contributed by atoms with Crippen LogP contribution < -0.4 is 5.56 Å². The minimum atomic E-state index is -0.489. The Morgan fingerprint density at radius 1 is 1.09 bits per heavy atom. The number of hydrogen-bond donors (Lipinski definition) is 0. The Morgan fingerprint density at radius 2 is 1.77 bits per heavy atom. The summed E-state index contributed by atoms with van der Waals surface area (Å²) in [4.78, 5) is 28.9. The van der Waals surface area contributed by atoms with Crippen LogP contribution in [0.4, 0.5) is 0 Å². The number of esters is 1. The van der Waals surface area contributed by atoms with Crippen LogP contribution in [0.2, 0.25) is 0 Å². The van der Waals surface area contributed by atoms with E-state index in [-0.39, 0.29) is 12.1 Å². The van der Waals surface area contributed by atoms with Gasteiger partial charge in [-0.05, 0) is 12.1 Å². The van der Waals surface area contributed by atoms with Gasteiger partial charge in [-0.1, -0.05) is 42.5 Å². The lowest BCUT2D eigenvalue weighted by Crippen LogP contribution is -2.27. The molecular formula is C17H14N2O3. The van der Waals surface area contributed by atoms with Gasteiger partial charge >= 0.3 is 5.97 Å². The lowest BCUT2D eigenvalue weighted by atomic mass is 10.2. The van der Waals surface area contributed by atoms with E-state index in [0.717, 1.165) is 5.56 Å². The van der Waals surface area contributed by atoms with Crippen LogP contribution in [0, 0.1) is 0 Å². The molecule has 0 spiro atoms. The number of carbonyl (C=O) groups is 1. The number of aromatic nitrogens is 2. The number of methoxy groups -OCH3 is 1. The summed E-state index contributed by atoms with van der Waals surface area (Å²) in [6.07, 6.45) is 0. The van der Waals surface area contributed by atoms with Crippen LogP contribution in [-0.4, -0.2) is 22.6 Å². The van der Waals surface area contributed by atoms with E-state index < -0.39 is 5.97 Å². The number of benzene rings is 2. The van der Waals surface area contributed by atoms with Gasteiger partial charge in [-0.25, -0.2) is 4.98 Å². The molecule has 1 heterocycles. The molecule has 0 bridgehead atoms. The maximum Gasteiger partial charge on any atom is 0.325 e. The predicted octanol–water partition coefficient (Wildman–Crippen LogP) is 2.24. The van der Waals surface area contributed by atoms with Crippen LogP contribution in [-0.2, 0) is 16.1 Å². The van der Waals surface area contributed by atoms with E-state index in [2.05, 4.69) is 9.72 Å². The van der Waals surface area contributed by atoms with Crippen LogP contribution in [0.1, 0.15) is 0 Å². The van der Waals surface area contributed by atoms with Gasteiger partial charge in [0.1, 0.15) is 12.4 Å². The zero-order valence-corrected chi connectivity index (χ0v) is 12.0. The second-order valence-electron chi connectivity index (χ2n) is 4.79. The zero-order valence-electron chi connectivity index (χ0n) is 12.0. The van der Waals surface area contributed by atoms with Crippen molar-refractivity contribution in [2.45, 2.75) is 6.54 Å². The monoisotopic (exact) mass is 294 g/mol. The molecule has 0 unspecified atom stereocenters. The predicted molar refractivity (Wildman–Crippen MR) is 83.5 cm³/mol. The molecule has 0 amide bonds. The number of hydrogen-bond acceptors (Lipinski definition) is 4. The van der Waals surface area contributed by atoms with Crippen LogP contribution in [0.5, 0.6) is 0 Å². The van der Waals surface area contributed by atoms with Crippen molar-refractivity contribution in [2.24, 2.45) is 0 Å². The molecule has 0 N–H and O–H groups in total. The van der Waals surface area contributed by atoms with E-state index in [0.29, 0.717) is 16.7 Å². The van der Waals surface area contributed by atoms with E-state index in [9.17, 15) is 9.59 Å². The summed E-state index contributed by atoms with van der Waals surface area (Å²) in [5, 5.41) is 0.478. The van der Waals surface area contributed by atoms with E-state index in [1.807, 2.05) is 36.4 Å². The van der Waals surface area contributed by atoms with Crippen LogP contribution >= 0.6 is 0 Å². The minimum Gasteiger partial charge on any atom is -0.468 e. The van der Waals surface area contributed by atoms with E-state index in [1.54, 1.807) is 18.2 Å². The van der Waals surface area contributed by atoms with Gasteiger partial charge in [0, 0.05) is 5.56 Å². The topological polar surface area (TPSA) is 61.2 Å².